The average molecular weight is 268 g/mol. The number of nitrogens with one attached hydrogen (secondary N) is 1. The van der Waals surface area contributed by atoms with Crippen LogP contribution in [0, 0.1) is 16.0 Å². The van der Waals surface area contributed by atoms with Crippen molar-refractivity contribution in [3.05, 3.63) is 26.8 Å². The summed E-state index contributed by atoms with van der Waals surface area (Å²) in [6.07, 6.45) is 1.86. The van der Waals surface area contributed by atoms with E-state index < -0.39 is 28.1 Å². The van der Waals surface area contributed by atoms with Crippen LogP contribution in [0.5, 0.6) is 0 Å². The van der Waals surface area contributed by atoms with E-state index in [-0.39, 0.29) is 5.82 Å². The van der Waals surface area contributed by atoms with Gasteiger partial charge >= 0.3 is 17.2 Å². The van der Waals surface area contributed by atoms with Gasteiger partial charge in [0.15, 0.2) is 0 Å². The Morgan fingerprint density at radius 3 is 2.68 bits per heavy atom. The molecule has 9 nitrogen and oxygen atoms in total. The van der Waals surface area contributed by atoms with Crippen molar-refractivity contribution < 1.29 is 14.8 Å². The Morgan fingerprint density at radius 2 is 2.16 bits per heavy atom. The number of carboxylic acid groups (broad SMARTS) is 1. The Labute approximate surface area is 107 Å². The highest BCUT2D eigenvalue weighted by Crippen LogP contribution is 2.26. The van der Waals surface area contributed by atoms with Crippen molar-refractivity contribution in [1.29, 1.82) is 0 Å². The fraction of sp³-hybridized carbons (Fsp3) is 0.500. The lowest BCUT2D eigenvalue weighted by Gasteiger charge is -2.30. The number of nitro groups is 1. The smallest absolute Gasteiger partial charge is 0.375 e. The Hall–Kier alpha value is -2.45. The molecule has 1 aromatic heterocycles. The fourth-order valence-corrected chi connectivity index (χ4v) is 2.12. The molecule has 19 heavy (non-hydrogen) atoms. The standard InChI is InChI=1S/C10H12N4O5/c15-9-7(14(18)19)8(11-5-12-9)13-3-1-6(2-4-13)10(16)17/h5-6H,1-4H2,(H,16,17)(H,11,12,15). The van der Waals surface area contributed by atoms with E-state index in [4.69, 9.17) is 5.11 Å². The summed E-state index contributed by atoms with van der Waals surface area (Å²) in [5.41, 5.74) is -1.41. The first kappa shape index (κ1) is 13.0. The predicted octanol–water partition coefficient (Wildman–Crippen LogP) is -0.0209. The number of hydrogen-bond donors (Lipinski definition) is 2. The van der Waals surface area contributed by atoms with Gasteiger partial charge in [0.25, 0.3) is 0 Å². The molecular formula is C10H12N4O5. The lowest BCUT2D eigenvalue weighted by atomic mass is 9.97. The van der Waals surface area contributed by atoms with Crippen molar-refractivity contribution in [2.75, 3.05) is 18.0 Å². The molecule has 0 atom stereocenters. The molecule has 1 saturated heterocycles. The number of H-pyrrole nitrogens is 1. The molecule has 0 radical (unpaired) electrons. The van der Waals surface area contributed by atoms with Gasteiger partial charge in [0.1, 0.15) is 0 Å². The van der Waals surface area contributed by atoms with Gasteiger partial charge < -0.3 is 15.0 Å². The third-order valence-corrected chi connectivity index (χ3v) is 3.14. The molecule has 2 heterocycles. The first-order chi connectivity index (χ1) is 9.00. The Balaban J connectivity index is 2.25. The summed E-state index contributed by atoms with van der Waals surface area (Å²) < 4.78 is 0. The molecule has 1 aliphatic rings. The maximum absolute atomic E-state index is 11.4. The molecule has 9 heteroatoms. The largest absolute Gasteiger partial charge is 0.481 e. The van der Waals surface area contributed by atoms with Crippen LogP contribution in [-0.4, -0.2) is 39.1 Å². The summed E-state index contributed by atoms with van der Waals surface area (Å²) >= 11 is 0. The minimum Gasteiger partial charge on any atom is -0.481 e. The number of carbonyl (C=O) groups is 1. The van der Waals surface area contributed by atoms with Crippen molar-refractivity contribution >= 4 is 17.5 Å². The number of piperidine rings is 1. The lowest BCUT2D eigenvalue weighted by Crippen LogP contribution is -2.38. The van der Waals surface area contributed by atoms with Gasteiger partial charge in [-0.2, -0.15) is 0 Å². The second kappa shape index (κ2) is 5.04. The number of aromatic amines is 1. The summed E-state index contributed by atoms with van der Waals surface area (Å²) in [6.45, 7) is 0.655. The van der Waals surface area contributed by atoms with E-state index in [0.29, 0.717) is 25.9 Å². The van der Waals surface area contributed by atoms with Gasteiger partial charge in [-0.05, 0) is 12.8 Å². The molecular weight excluding hydrogens is 256 g/mol. The molecule has 2 N–H and O–H groups in total. The third kappa shape index (κ3) is 2.54. The summed E-state index contributed by atoms with van der Waals surface area (Å²) in [5, 5.41) is 19.8. The van der Waals surface area contributed by atoms with Gasteiger partial charge in [-0.25, -0.2) is 4.98 Å². The number of anilines is 1. The van der Waals surface area contributed by atoms with Crippen LogP contribution in [0.2, 0.25) is 0 Å². The molecule has 0 aliphatic carbocycles. The van der Waals surface area contributed by atoms with E-state index in [0.717, 1.165) is 6.33 Å². The summed E-state index contributed by atoms with van der Waals surface area (Å²) in [4.78, 5) is 39.9. The van der Waals surface area contributed by atoms with E-state index in [1.54, 1.807) is 4.90 Å². The Bertz CT molecular complexity index is 561. The topological polar surface area (TPSA) is 129 Å². The maximum Gasteiger partial charge on any atom is 0.375 e. The van der Waals surface area contributed by atoms with Gasteiger partial charge in [-0.1, -0.05) is 0 Å². The highest BCUT2D eigenvalue weighted by molar-refractivity contribution is 5.70. The fourth-order valence-electron chi connectivity index (χ4n) is 2.12. The summed E-state index contributed by atoms with van der Waals surface area (Å²) in [5.74, 6) is -1.32. The van der Waals surface area contributed by atoms with Crippen LogP contribution in [0.3, 0.4) is 0 Å². The lowest BCUT2D eigenvalue weighted by molar-refractivity contribution is -0.385. The summed E-state index contributed by atoms with van der Waals surface area (Å²) in [6, 6.07) is 0. The molecule has 0 amide bonds. The van der Waals surface area contributed by atoms with Crippen molar-refractivity contribution in [3.63, 3.8) is 0 Å². The van der Waals surface area contributed by atoms with Gasteiger partial charge in [-0.15, -0.1) is 0 Å². The monoisotopic (exact) mass is 268 g/mol. The molecule has 0 spiro atoms. The van der Waals surface area contributed by atoms with E-state index in [2.05, 4.69) is 9.97 Å². The molecule has 0 bridgehead atoms. The number of nitrogens with zero attached hydrogens (tertiary/aromatic N) is 3. The molecule has 0 aromatic carbocycles. The Kier molecular flexibility index (Phi) is 3.45. The van der Waals surface area contributed by atoms with E-state index >= 15 is 0 Å². The maximum atomic E-state index is 11.4. The predicted molar refractivity (Wildman–Crippen MR) is 64.1 cm³/mol. The second-order valence-corrected chi connectivity index (χ2v) is 4.26. The summed E-state index contributed by atoms with van der Waals surface area (Å²) in [7, 11) is 0. The zero-order valence-corrected chi connectivity index (χ0v) is 9.90. The molecule has 1 aliphatic heterocycles. The van der Waals surface area contributed by atoms with Gasteiger partial charge in [0.05, 0.1) is 17.2 Å². The van der Waals surface area contributed by atoms with Crippen LogP contribution >= 0.6 is 0 Å². The molecule has 0 unspecified atom stereocenters. The first-order valence-electron chi connectivity index (χ1n) is 5.70. The number of aromatic nitrogens is 2. The van der Waals surface area contributed by atoms with E-state index in [1.807, 2.05) is 0 Å². The van der Waals surface area contributed by atoms with Crippen LogP contribution in [0.4, 0.5) is 11.5 Å². The zero-order chi connectivity index (χ0) is 14.0. The van der Waals surface area contributed by atoms with Gasteiger partial charge in [0.2, 0.25) is 5.82 Å². The van der Waals surface area contributed by atoms with Gasteiger partial charge in [-0.3, -0.25) is 19.7 Å². The molecule has 0 saturated carbocycles. The van der Waals surface area contributed by atoms with E-state index in [9.17, 15) is 19.7 Å². The highest BCUT2D eigenvalue weighted by atomic mass is 16.6. The molecule has 102 valence electrons. The highest BCUT2D eigenvalue weighted by Gasteiger charge is 2.30. The van der Waals surface area contributed by atoms with Crippen LogP contribution in [0.25, 0.3) is 0 Å². The average Bonchev–Trinajstić information content (AvgIpc) is 2.38. The number of aliphatic carboxylic acids is 1. The zero-order valence-electron chi connectivity index (χ0n) is 9.90. The molecule has 1 fully saturated rings. The number of carboxylic acids is 1. The normalized spacial score (nSPS) is 16.3. The third-order valence-electron chi connectivity index (χ3n) is 3.14. The minimum absolute atomic E-state index is 0.00223. The SMILES string of the molecule is O=C(O)C1CCN(c2nc[nH]c(=O)c2[N+](=O)[O-])CC1. The van der Waals surface area contributed by atoms with Crippen molar-refractivity contribution in [1.82, 2.24) is 9.97 Å². The van der Waals surface area contributed by atoms with Crippen LogP contribution in [0.15, 0.2) is 11.1 Å². The van der Waals surface area contributed by atoms with E-state index in [1.165, 1.54) is 0 Å². The van der Waals surface area contributed by atoms with Crippen molar-refractivity contribution in [2.45, 2.75) is 12.8 Å². The van der Waals surface area contributed by atoms with Crippen LogP contribution in [-0.2, 0) is 4.79 Å². The van der Waals surface area contributed by atoms with Crippen molar-refractivity contribution in [2.24, 2.45) is 5.92 Å². The van der Waals surface area contributed by atoms with Gasteiger partial charge in [0, 0.05) is 13.1 Å². The minimum atomic E-state index is -0.868. The number of rotatable bonds is 3. The number of hydrogen-bond acceptors (Lipinski definition) is 6. The molecule has 1 aromatic rings. The van der Waals surface area contributed by atoms with Crippen LogP contribution in [0.1, 0.15) is 12.8 Å². The molecule has 2 rings (SSSR count). The first-order valence-corrected chi connectivity index (χ1v) is 5.70. The van der Waals surface area contributed by atoms with Crippen LogP contribution < -0.4 is 10.5 Å². The quantitative estimate of drug-likeness (QED) is 0.582. The second-order valence-electron chi connectivity index (χ2n) is 4.26. The Morgan fingerprint density at radius 1 is 1.53 bits per heavy atom. The van der Waals surface area contributed by atoms with Crippen molar-refractivity contribution in [3.8, 4) is 0 Å².